The fraction of sp³-hybridized carbons (Fsp3) is 0.160. The van der Waals surface area contributed by atoms with Crippen molar-refractivity contribution in [3.05, 3.63) is 84.9 Å². The van der Waals surface area contributed by atoms with Crippen molar-refractivity contribution in [2.45, 2.75) is 0 Å². The lowest BCUT2D eigenvalue weighted by molar-refractivity contribution is 0.208. The van der Waals surface area contributed by atoms with Crippen molar-refractivity contribution in [3.8, 4) is 11.3 Å². The Morgan fingerprint density at radius 1 is 0.742 bits per heavy atom. The second kappa shape index (κ2) is 8.44. The molecule has 0 saturated carbocycles. The highest BCUT2D eigenvalue weighted by molar-refractivity contribution is 5.89. The van der Waals surface area contributed by atoms with Crippen molar-refractivity contribution < 1.29 is 4.79 Å². The van der Waals surface area contributed by atoms with Gasteiger partial charge in [0.25, 0.3) is 0 Å². The SMILES string of the molecule is O=C(Nc1ccccc1)N1CCN(c2ccc(-c3ccc4ccccc4c3)nn2)CC1. The highest BCUT2D eigenvalue weighted by Crippen LogP contribution is 2.24. The molecule has 2 amide bonds. The maximum atomic E-state index is 12.5. The summed E-state index contributed by atoms with van der Waals surface area (Å²) >= 11 is 0. The molecular formula is C25H23N5O. The zero-order valence-electron chi connectivity index (χ0n) is 17.1. The minimum Gasteiger partial charge on any atom is -0.352 e. The summed E-state index contributed by atoms with van der Waals surface area (Å²) in [6, 6.07) is 28.1. The van der Waals surface area contributed by atoms with E-state index in [0.29, 0.717) is 13.1 Å². The molecule has 1 N–H and O–H groups in total. The van der Waals surface area contributed by atoms with Crippen molar-refractivity contribution in [2.75, 3.05) is 36.4 Å². The molecule has 6 heteroatoms. The normalized spacial score (nSPS) is 13.9. The number of anilines is 2. The van der Waals surface area contributed by atoms with Gasteiger partial charge in [-0.3, -0.25) is 0 Å². The molecule has 3 aromatic carbocycles. The van der Waals surface area contributed by atoms with E-state index in [1.165, 1.54) is 10.8 Å². The van der Waals surface area contributed by atoms with Crippen LogP contribution in [0.25, 0.3) is 22.0 Å². The number of nitrogens with zero attached hydrogens (tertiary/aromatic N) is 4. The summed E-state index contributed by atoms with van der Waals surface area (Å²) in [7, 11) is 0. The van der Waals surface area contributed by atoms with Gasteiger partial charge in [-0.15, -0.1) is 10.2 Å². The van der Waals surface area contributed by atoms with Gasteiger partial charge in [-0.2, -0.15) is 0 Å². The average Bonchev–Trinajstić information content (AvgIpc) is 2.84. The van der Waals surface area contributed by atoms with E-state index in [-0.39, 0.29) is 6.03 Å². The molecule has 1 fully saturated rings. The Hall–Kier alpha value is -3.93. The van der Waals surface area contributed by atoms with Gasteiger partial charge in [0.1, 0.15) is 0 Å². The fourth-order valence-corrected chi connectivity index (χ4v) is 3.86. The van der Waals surface area contributed by atoms with Crippen molar-refractivity contribution in [1.29, 1.82) is 0 Å². The molecule has 0 bridgehead atoms. The van der Waals surface area contributed by atoms with E-state index in [1.54, 1.807) is 0 Å². The van der Waals surface area contributed by atoms with Crippen molar-refractivity contribution >= 4 is 28.3 Å². The van der Waals surface area contributed by atoms with Crippen LogP contribution >= 0.6 is 0 Å². The third-order valence-corrected chi connectivity index (χ3v) is 5.61. The van der Waals surface area contributed by atoms with E-state index in [2.05, 4.69) is 50.7 Å². The summed E-state index contributed by atoms with van der Waals surface area (Å²) in [4.78, 5) is 16.5. The number of benzene rings is 3. The van der Waals surface area contributed by atoms with Gasteiger partial charge in [-0.25, -0.2) is 4.79 Å². The Morgan fingerprint density at radius 2 is 1.48 bits per heavy atom. The van der Waals surface area contributed by atoms with E-state index in [9.17, 15) is 4.79 Å². The van der Waals surface area contributed by atoms with Gasteiger partial charge in [0.2, 0.25) is 0 Å². The van der Waals surface area contributed by atoms with E-state index >= 15 is 0 Å². The number of carbonyl (C=O) groups excluding carboxylic acids is 1. The van der Waals surface area contributed by atoms with Crippen LogP contribution in [-0.4, -0.2) is 47.3 Å². The van der Waals surface area contributed by atoms with Crippen LogP contribution in [0.1, 0.15) is 0 Å². The first kappa shape index (κ1) is 19.1. The van der Waals surface area contributed by atoms with Gasteiger partial charge in [0, 0.05) is 37.4 Å². The van der Waals surface area contributed by atoms with E-state index in [1.807, 2.05) is 59.5 Å². The number of piperazine rings is 1. The van der Waals surface area contributed by atoms with E-state index < -0.39 is 0 Å². The molecule has 1 saturated heterocycles. The first-order valence-corrected chi connectivity index (χ1v) is 10.5. The third kappa shape index (κ3) is 4.19. The molecule has 6 nitrogen and oxygen atoms in total. The lowest BCUT2D eigenvalue weighted by Crippen LogP contribution is -2.50. The van der Waals surface area contributed by atoms with E-state index in [4.69, 9.17) is 0 Å². The highest BCUT2D eigenvalue weighted by Gasteiger charge is 2.22. The van der Waals surface area contributed by atoms with Crippen LogP contribution in [0.3, 0.4) is 0 Å². The van der Waals surface area contributed by atoms with Gasteiger partial charge >= 0.3 is 6.03 Å². The number of hydrogen-bond donors (Lipinski definition) is 1. The van der Waals surface area contributed by atoms with Gasteiger partial charge in [0.15, 0.2) is 5.82 Å². The van der Waals surface area contributed by atoms with Gasteiger partial charge in [-0.05, 0) is 41.1 Å². The first-order valence-electron chi connectivity index (χ1n) is 10.5. The van der Waals surface area contributed by atoms with Crippen molar-refractivity contribution in [2.24, 2.45) is 0 Å². The van der Waals surface area contributed by atoms with Crippen LogP contribution in [0.2, 0.25) is 0 Å². The smallest absolute Gasteiger partial charge is 0.321 e. The Morgan fingerprint density at radius 3 is 2.23 bits per heavy atom. The quantitative estimate of drug-likeness (QED) is 0.535. The molecule has 1 aliphatic heterocycles. The van der Waals surface area contributed by atoms with Gasteiger partial charge in [-0.1, -0.05) is 54.6 Å². The second-order valence-electron chi connectivity index (χ2n) is 7.61. The van der Waals surface area contributed by atoms with Gasteiger partial charge < -0.3 is 15.1 Å². The highest BCUT2D eigenvalue weighted by atomic mass is 16.2. The lowest BCUT2D eigenvalue weighted by Gasteiger charge is -2.35. The van der Waals surface area contributed by atoms with Crippen LogP contribution in [0.5, 0.6) is 0 Å². The number of amides is 2. The standard InChI is InChI=1S/C25H23N5O/c31-25(26-22-8-2-1-3-9-22)30-16-14-29(15-17-30)24-13-12-23(27-28-24)21-11-10-19-6-4-5-7-20(19)18-21/h1-13,18H,14-17H2,(H,26,31). The zero-order chi connectivity index (χ0) is 21.0. The first-order chi connectivity index (χ1) is 15.3. The molecule has 0 aliphatic carbocycles. The van der Waals surface area contributed by atoms with E-state index in [0.717, 1.165) is 35.9 Å². The topological polar surface area (TPSA) is 61.4 Å². The van der Waals surface area contributed by atoms with Crippen molar-refractivity contribution in [3.63, 3.8) is 0 Å². The number of aromatic nitrogens is 2. The number of para-hydroxylation sites is 1. The Bertz CT molecular complexity index is 1190. The largest absolute Gasteiger partial charge is 0.352 e. The predicted octanol–water partition coefficient (Wildman–Crippen LogP) is 4.65. The molecule has 2 heterocycles. The minimum atomic E-state index is -0.0661. The second-order valence-corrected chi connectivity index (χ2v) is 7.61. The Labute approximate surface area is 181 Å². The molecule has 0 atom stereocenters. The molecule has 31 heavy (non-hydrogen) atoms. The molecule has 0 radical (unpaired) electrons. The summed E-state index contributed by atoms with van der Waals surface area (Å²) in [5, 5.41) is 14.3. The summed E-state index contributed by atoms with van der Waals surface area (Å²) in [6.07, 6.45) is 0. The molecular weight excluding hydrogens is 386 g/mol. The number of fused-ring (bicyclic) bond motifs is 1. The van der Waals surface area contributed by atoms with Crippen molar-refractivity contribution in [1.82, 2.24) is 15.1 Å². The number of urea groups is 1. The number of hydrogen-bond acceptors (Lipinski definition) is 4. The van der Waals surface area contributed by atoms with Crippen LogP contribution in [0.4, 0.5) is 16.3 Å². The number of carbonyl (C=O) groups is 1. The van der Waals surface area contributed by atoms with Crippen LogP contribution in [0, 0.1) is 0 Å². The molecule has 5 rings (SSSR count). The minimum absolute atomic E-state index is 0.0661. The zero-order valence-corrected chi connectivity index (χ0v) is 17.1. The van der Waals surface area contributed by atoms with Crippen LogP contribution in [0.15, 0.2) is 84.9 Å². The maximum absolute atomic E-state index is 12.5. The molecule has 0 unspecified atom stereocenters. The maximum Gasteiger partial charge on any atom is 0.321 e. The number of rotatable bonds is 3. The summed E-state index contributed by atoms with van der Waals surface area (Å²) in [5.41, 5.74) is 2.72. The monoisotopic (exact) mass is 409 g/mol. The molecule has 4 aromatic rings. The molecule has 0 spiro atoms. The summed E-state index contributed by atoms with van der Waals surface area (Å²) in [6.45, 7) is 2.75. The summed E-state index contributed by atoms with van der Waals surface area (Å²) < 4.78 is 0. The average molecular weight is 409 g/mol. The Kier molecular flexibility index (Phi) is 5.19. The Balaban J connectivity index is 1.22. The molecule has 1 aromatic heterocycles. The fourth-order valence-electron chi connectivity index (χ4n) is 3.86. The predicted molar refractivity (Wildman–Crippen MR) is 124 cm³/mol. The number of nitrogens with one attached hydrogen (secondary N) is 1. The van der Waals surface area contributed by atoms with Crippen LogP contribution in [-0.2, 0) is 0 Å². The van der Waals surface area contributed by atoms with Gasteiger partial charge in [0.05, 0.1) is 5.69 Å². The molecule has 154 valence electrons. The lowest BCUT2D eigenvalue weighted by atomic mass is 10.1. The summed E-state index contributed by atoms with van der Waals surface area (Å²) in [5.74, 6) is 0.840. The van der Waals surface area contributed by atoms with Crippen LogP contribution < -0.4 is 10.2 Å². The third-order valence-electron chi connectivity index (χ3n) is 5.61. The molecule has 1 aliphatic rings.